The van der Waals surface area contributed by atoms with Crippen LogP contribution in [0.4, 0.5) is 11.4 Å². The molecule has 1 aromatic carbocycles. The maximum absolute atomic E-state index is 11.9. The lowest BCUT2D eigenvalue weighted by molar-refractivity contribution is -0.384. The summed E-state index contributed by atoms with van der Waals surface area (Å²) in [6.45, 7) is 4.29. The van der Waals surface area contributed by atoms with Crippen LogP contribution in [-0.2, 0) is 11.2 Å². The van der Waals surface area contributed by atoms with Gasteiger partial charge in [-0.25, -0.2) is 0 Å². The van der Waals surface area contributed by atoms with Crippen LogP contribution in [0.1, 0.15) is 17.0 Å². The maximum atomic E-state index is 11.9. The van der Waals surface area contributed by atoms with Gasteiger partial charge in [0.15, 0.2) is 0 Å². The Morgan fingerprint density at radius 3 is 2.70 bits per heavy atom. The number of aryl methyl sites for hydroxylation is 2. The van der Waals surface area contributed by atoms with Crippen molar-refractivity contribution >= 4 is 17.3 Å². The van der Waals surface area contributed by atoms with Crippen molar-refractivity contribution in [2.75, 3.05) is 18.4 Å². The van der Waals surface area contributed by atoms with Crippen molar-refractivity contribution in [2.24, 2.45) is 0 Å². The van der Waals surface area contributed by atoms with E-state index in [1.165, 1.54) is 6.07 Å². The number of hydrogen-bond acceptors (Lipinski definition) is 6. The number of anilines is 1. The van der Waals surface area contributed by atoms with Gasteiger partial charge in [0.05, 0.1) is 17.0 Å². The van der Waals surface area contributed by atoms with Crippen LogP contribution in [-0.4, -0.2) is 29.1 Å². The topological polar surface area (TPSA) is 110 Å². The molecule has 0 unspecified atom stereocenters. The summed E-state index contributed by atoms with van der Waals surface area (Å²) in [7, 11) is 0. The predicted octanol–water partition coefficient (Wildman–Crippen LogP) is 1.97. The summed E-state index contributed by atoms with van der Waals surface area (Å²) in [6.07, 6.45) is 0.201. The first-order chi connectivity index (χ1) is 11.0. The van der Waals surface area contributed by atoms with Crippen molar-refractivity contribution in [2.45, 2.75) is 20.3 Å². The molecule has 2 aromatic rings. The highest BCUT2D eigenvalue weighted by molar-refractivity contribution is 5.79. The molecule has 0 aliphatic carbocycles. The smallest absolute Gasteiger partial charge is 0.292 e. The van der Waals surface area contributed by atoms with Crippen molar-refractivity contribution in [3.05, 3.63) is 51.4 Å². The Labute approximate surface area is 133 Å². The van der Waals surface area contributed by atoms with Gasteiger partial charge in [0.1, 0.15) is 11.4 Å². The van der Waals surface area contributed by atoms with Crippen molar-refractivity contribution in [1.82, 2.24) is 10.5 Å². The minimum atomic E-state index is -0.446. The van der Waals surface area contributed by atoms with E-state index in [0.29, 0.717) is 30.2 Å². The minimum Gasteiger partial charge on any atom is -0.378 e. The highest BCUT2D eigenvalue weighted by Gasteiger charge is 2.14. The SMILES string of the molecule is Cc1noc(C)c1CC(=O)NCCNc1ccccc1[N+](=O)[O-]. The number of nitro groups is 1. The van der Waals surface area contributed by atoms with Crippen molar-refractivity contribution in [3.8, 4) is 0 Å². The summed E-state index contributed by atoms with van der Waals surface area (Å²) >= 11 is 0. The second-order valence-electron chi connectivity index (χ2n) is 5.03. The van der Waals surface area contributed by atoms with Gasteiger partial charge in [0.25, 0.3) is 5.69 Å². The molecule has 0 saturated carbocycles. The summed E-state index contributed by atoms with van der Waals surface area (Å²) in [6, 6.07) is 6.38. The third-order valence-corrected chi connectivity index (χ3v) is 3.38. The van der Waals surface area contributed by atoms with Gasteiger partial charge in [-0.1, -0.05) is 17.3 Å². The first-order valence-electron chi connectivity index (χ1n) is 7.14. The lowest BCUT2D eigenvalue weighted by Crippen LogP contribution is -2.30. The molecule has 1 amide bonds. The first kappa shape index (κ1) is 16.5. The van der Waals surface area contributed by atoms with Crippen LogP contribution in [0.2, 0.25) is 0 Å². The number of nitrogens with zero attached hydrogens (tertiary/aromatic N) is 2. The summed E-state index contributed by atoms with van der Waals surface area (Å²) in [5, 5.41) is 20.4. The second-order valence-corrected chi connectivity index (χ2v) is 5.03. The number of para-hydroxylation sites is 2. The zero-order valence-electron chi connectivity index (χ0n) is 13.0. The van der Waals surface area contributed by atoms with Gasteiger partial charge in [-0.3, -0.25) is 14.9 Å². The molecule has 0 radical (unpaired) electrons. The van der Waals surface area contributed by atoms with Crippen molar-refractivity contribution in [1.29, 1.82) is 0 Å². The van der Waals surface area contributed by atoms with Crippen LogP contribution in [0.25, 0.3) is 0 Å². The standard InChI is InChI=1S/C15H18N4O4/c1-10-12(11(2)23-18-10)9-15(20)17-8-7-16-13-5-3-4-6-14(13)19(21)22/h3-6,16H,7-9H2,1-2H3,(H,17,20). The van der Waals surface area contributed by atoms with E-state index in [-0.39, 0.29) is 18.0 Å². The molecule has 0 saturated heterocycles. The average Bonchev–Trinajstić information content (AvgIpc) is 2.83. The van der Waals surface area contributed by atoms with E-state index < -0.39 is 4.92 Å². The molecule has 0 spiro atoms. The molecule has 122 valence electrons. The predicted molar refractivity (Wildman–Crippen MR) is 84.3 cm³/mol. The summed E-state index contributed by atoms with van der Waals surface area (Å²) in [4.78, 5) is 22.3. The van der Waals surface area contributed by atoms with E-state index in [2.05, 4.69) is 15.8 Å². The number of carbonyl (C=O) groups is 1. The molecule has 23 heavy (non-hydrogen) atoms. The Morgan fingerprint density at radius 1 is 1.30 bits per heavy atom. The molecule has 1 heterocycles. The number of aromatic nitrogens is 1. The number of rotatable bonds is 7. The molecular formula is C15H18N4O4. The molecule has 8 nitrogen and oxygen atoms in total. The monoisotopic (exact) mass is 318 g/mol. The number of benzene rings is 1. The zero-order chi connectivity index (χ0) is 16.8. The van der Waals surface area contributed by atoms with Crippen LogP contribution in [0, 0.1) is 24.0 Å². The molecular weight excluding hydrogens is 300 g/mol. The largest absolute Gasteiger partial charge is 0.378 e. The summed E-state index contributed by atoms with van der Waals surface area (Å²) < 4.78 is 5.01. The third-order valence-electron chi connectivity index (χ3n) is 3.38. The van der Waals surface area contributed by atoms with Gasteiger partial charge in [-0.05, 0) is 19.9 Å². The molecule has 0 fully saturated rings. The highest BCUT2D eigenvalue weighted by Crippen LogP contribution is 2.22. The Bertz CT molecular complexity index is 692. The third kappa shape index (κ3) is 4.29. The van der Waals surface area contributed by atoms with E-state index in [0.717, 1.165) is 5.56 Å². The van der Waals surface area contributed by atoms with Gasteiger partial charge >= 0.3 is 0 Å². The van der Waals surface area contributed by atoms with E-state index in [4.69, 9.17) is 4.52 Å². The molecule has 0 atom stereocenters. The molecule has 1 aromatic heterocycles. The van der Waals surface area contributed by atoms with Crippen LogP contribution in [0.5, 0.6) is 0 Å². The Morgan fingerprint density at radius 2 is 2.04 bits per heavy atom. The van der Waals surface area contributed by atoms with E-state index in [1.54, 1.807) is 32.0 Å². The molecule has 0 aliphatic rings. The molecule has 2 N–H and O–H groups in total. The first-order valence-corrected chi connectivity index (χ1v) is 7.14. The lowest BCUT2D eigenvalue weighted by Gasteiger charge is -2.08. The summed E-state index contributed by atoms with van der Waals surface area (Å²) in [5.74, 6) is 0.486. The van der Waals surface area contributed by atoms with Gasteiger partial charge in [0.2, 0.25) is 5.91 Å². The van der Waals surface area contributed by atoms with Crippen LogP contribution in [0.3, 0.4) is 0 Å². The van der Waals surface area contributed by atoms with Crippen LogP contribution in [0.15, 0.2) is 28.8 Å². The van der Waals surface area contributed by atoms with Gasteiger partial charge < -0.3 is 15.2 Å². The number of nitro benzene ring substituents is 1. The fourth-order valence-corrected chi connectivity index (χ4v) is 2.16. The van der Waals surface area contributed by atoms with Gasteiger partial charge in [-0.2, -0.15) is 0 Å². The Balaban J connectivity index is 1.80. The van der Waals surface area contributed by atoms with Crippen molar-refractivity contribution in [3.63, 3.8) is 0 Å². The highest BCUT2D eigenvalue weighted by atomic mass is 16.6. The number of amides is 1. The molecule has 0 aliphatic heterocycles. The lowest BCUT2D eigenvalue weighted by atomic mass is 10.1. The fraction of sp³-hybridized carbons (Fsp3) is 0.333. The van der Waals surface area contributed by atoms with Crippen LogP contribution >= 0.6 is 0 Å². The molecule has 2 rings (SSSR count). The molecule has 0 bridgehead atoms. The Hall–Kier alpha value is -2.90. The fourth-order valence-electron chi connectivity index (χ4n) is 2.16. The molecule has 8 heteroatoms. The number of carbonyl (C=O) groups excluding carboxylic acids is 1. The van der Waals surface area contributed by atoms with E-state index >= 15 is 0 Å². The normalized spacial score (nSPS) is 10.3. The van der Waals surface area contributed by atoms with Gasteiger partial charge in [0, 0.05) is 24.7 Å². The Kier molecular flexibility index (Phi) is 5.29. The second kappa shape index (κ2) is 7.39. The quantitative estimate of drug-likeness (QED) is 0.459. The average molecular weight is 318 g/mol. The number of nitrogens with one attached hydrogen (secondary N) is 2. The minimum absolute atomic E-state index is 0.00884. The zero-order valence-corrected chi connectivity index (χ0v) is 13.0. The van der Waals surface area contributed by atoms with Crippen LogP contribution < -0.4 is 10.6 Å². The van der Waals surface area contributed by atoms with E-state index in [1.807, 2.05) is 0 Å². The van der Waals surface area contributed by atoms with Crippen molar-refractivity contribution < 1.29 is 14.2 Å². The maximum Gasteiger partial charge on any atom is 0.292 e. The summed E-state index contributed by atoms with van der Waals surface area (Å²) in [5.41, 5.74) is 1.93. The van der Waals surface area contributed by atoms with E-state index in [9.17, 15) is 14.9 Å². The number of hydrogen-bond donors (Lipinski definition) is 2. The van der Waals surface area contributed by atoms with Gasteiger partial charge in [-0.15, -0.1) is 0 Å².